The van der Waals surface area contributed by atoms with E-state index in [1.807, 2.05) is 30.3 Å². The van der Waals surface area contributed by atoms with E-state index in [4.69, 9.17) is 0 Å². The van der Waals surface area contributed by atoms with Gasteiger partial charge in [0.2, 0.25) is 0 Å². The van der Waals surface area contributed by atoms with Crippen LogP contribution in [0.2, 0.25) is 0 Å². The number of ether oxygens (including phenoxy) is 1. The molecule has 0 atom stereocenters. The summed E-state index contributed by atoms with van der Waals surface area (Å²) in [5.74, 6) is 0. The van der Waals surface area contributed by atoms with E-state index < -0.39 is 6.09 Å². The summed E-state index contributed by atoms with van der Waals surface area (Å²) < 4.78 is 4.45. The van der Waals surface area contributed by atoms with Crippen LogP contribution in [0.1, 0.15) is 0 Å². The summed E-state index contributed by atoms with van der Waals surface area (Å²) in [6.45, 7) is 0. The maximum absolute atomic E-state index is 10.8. The van der Waals surface area contributed by atoms with Gasteiger partial charge in [-0.1, -0.05) is 18.2 Å². The van der Waals surface area contributed by atoms with E-state index in [1.165, 1.54) is 7.11 Å². The van der Waals surface area contributed by atoms with Crippen molar-refractivity contribution in [3.05, 3.63) is 30.3 Å². The Balaban J connectivity index is 2.59. The minimum atomic E-state index is -0.480. The highest BCUT2D eigenvalue weighted by molar-refractivity contribution is 5.69. The van der Waals surface area contributed by atoms with Crippen molar-refractivity contribution in [1.29, 1.82) is 0 Å². The maximum atomic E-state index is 10.8. The SMILES string of the molecule is COC(=O)NN(C)c1ccccc1. The van der Waals surface area contributed by atoms with Gasteiger partial charge in [0.15, 0.2) is 0 Å². The average Bonchev–Trinajstić information content (AvgIpc) is 2.19. The van der Waals surface area contributed by atoms with Crippen molar-refractivity contribution >= 4 is 11.8 Å². The number of hydrazine groups is 1. The van der Waals surface area contributed by atoms with E-state index in [-0.39, 0.29) is 0 Å². The van der Waals surface area contributed by atoms with Crippen LogP contribution in [0.4, 0.5) is 10.5 Å². The Kier molecular flexibility index (Phi) is 3.14. The first-order valence-electron chi connectivity index (χ1n) is 3.87. The highest BCUT2D eigenvalue weighted by atomic mass is 16.5. The second kappa shape index (κ2) is 4.35. The standard InChI is InChI=1S/C9H12N2O2/c1-11(10-9(12)13-2)8-6-4-3-5-7-8/h3-7H,1-2H3,(H,10,12). The molecule has 0 radical (unpaired) electrons. The summed E-state index contributed by atoms with van der Waals surface area (Å²) in [6, 6.07) is 9.47. The van der Waals surface area contributed by atoms with E-state index in [0.717, 1.165) is 5.69 Å². The summed E-state index contributed by atoms with van der Waals surface area (Å²) in [6.07, 6.45) is -0.480. The number of carbonyl (C=O) groups is 1. The number of hydrogen-bond acceptors (Lipinski definition) is 3. The molecule has 0 saturated heterocycles. The molecule has 1 rings (SSSR count). The zero-order chi connectivity index (χ0) is 9.68. The Labute approximate surface area is 77.1 Å². The van der Waals surface area contributed by atoms with Crippen LogP contribution in [0.5, 0.6) is 0 Å². The van der Waals surface area contributed by atoms with Gasteiger partial charge in [-0.15, -0.1) is 0 Å². The highest BCUT2D eigenvalue weighted by Crippen LogP contribution is 2.07. The second-order valence-corrected chi connectivity index (χ2v) is 2.50. The predicted octanol–water partition coefficient (Wildman–Crippen LogP) is 1.39. The summed E-state index contributed by atoms with van der Waals surface area (Å²) in [5.41, 5.74) is 3.41. The van der Waals surface area contributed by atoms with Gasteiger partial charge in [-0.3, -0.25) is 5.01 Å². The van der Waals surface area contributed by atoms with Crippen molar-refractivity contribution in [2.75, 3.05) is 19.2 Å². The summed E-state index contributed by atoms with van der Waals surface area (Å²) in [4.78, 5) is 10.8. The number of benzene rings is 1. The molecule has 0 spiro atoms. The van der Waals surface area contributed by atoms with Gasteiger partial charge < -0.3 is 4.74 Å². The lowest BCUT2D eigenvalue weighted by atomic mass is 10.3. The molecule has 0 fully saturated rings. The zero-order valence-electron chi connectivity index (χ0n) is 7.65. The van der Waals surface area contributed by atoms with Gasteiger partial charge in [-0.05, 0) is 12.1 Å². The number of hydrogen-bond donors (Lipinski definition) is 1. The van der Waals surface area contributed by atoms with Crippen molar-refractivity contribution in [3.63, 3.8) is 0 Å². The van der Waals surface area contributed by atoms with Crippen LogP contribution in [-0.2, 0) is 4.74 Å². The number of amides is 1. The number of nitrogens with zero attached hydrogens (tertiary/aromatic N) is 1. The van der Waals surface area contributed by atoms with Crippen molar-refractivity contribution in [1.82, 2.24) is 5.43 Å². The predicted molar refractivity (Wildman–Crippen MR) is 50.4 cm³/mol. The molecule has 0 bridgehead atoms. The third-order valence-electron chi connectivity index (χ3n) is 1.59. The molecular weight excluding hydrogens is 168 g/mol. The summed E-state index contributed by atoms with van der Waals surface area (Å²) in [5, 5.41) is 1.59. The topological polar surface area (TPSA) is 41.6 Å². The van der Waals surface area contributed by atoms with E-state index in [0.29, 0.717) is 0 Å². The van der Waals surface area contributed by atoms with Gasteiger partial charge in [0, 0.05) is 7.05 Å². The Morgan fingerprint density at radius 3 is 2.54 bits per heavy atom. The number of carbonyl (C=O) groups excluding carboxylic acids is 1. The fourth-order valence-corrected chi connectivity index (χ4v) is 0.899. The number of rotatable bonds is 2. The van der Waals surface area contributed by atoms with Crippen molar-refractivity contribution < 1.29 is 9.53 Å². The fraction of sp³-hybridized carbons (Fsp3) is 0.222. The Hall–Kier alpha value is -1.71. The Morgan fingerprint density at radius 1 is 1.38 bits per heavy atom. The van der Waals surface area contributed by atoms with Crippen LogP contribution in [0.3, 0.4) is 0 Å². The van der Waals surface area contributed by atoms with Gasteiger partial charge >= 0.3 is 6.09 Å². The van der Waals surface area contributed by atoms with Crippen molar-refractivity contribution in [2.24, 2.45) is 0 Å². The van der Waals surface area contributed by atoms with Gasteiger partial charge in [0.1, 0.15) is 0 Å². The molecule has 1 aromatic carbocycles. The monoisotopic (exact) mass is 180 g/mol. The fourth-order valence-electron chi connectivity index (χ4n) is 0.899. The lowest BCUT2D eigenvalue weighted by molar-refractivity contribution is 0.170. The minimum Gasteiger partial charge on any atom is -0.452 e. The Morgan fingerprint density at radius 2 is 2.00 bits per heavy atom. The normalized spacial score (nSPS) is 9.08. The highest BCUT2D eigenvalue weighted by Gasteiger charge is 2.03. The third-order valence-corrected chi connectivity index (χ3v) is 1.59. The lowest BCUT2D eigenvalue weighted by Gasteiger charge is -2.18. The zero-order valence-corrected chi connectivity index (χ0v) is 7.65. The molecule has 0 aliphatic heterocycles. The lowest BCUT2D eigenvalue weighted by Crippen LogP contribution is -2.39. The van der Waals surface area contributed by atoms with E-state index in [2.05, 4.69) is 10.2 Å². The number of para-hydroxylation sites is 1. The van der Waals surface area contributed by atoms with E-state index in [9.17, 15) is 4.79 Å². The molecule has 70 valence electrons. The quantitative estimate of drug-likeness (QED) is 0.699. The summed E-state index contributed by atoms with van der Waals surface area (Å²) >= 11 is 0. The molecule has 13 heavy (non-hydrogen) atoms. The van der Waals surface area contributed by atoms with Crippen LogP contribution in [0.15, 0.2) is 30.3 Å². The van der Waals surface area contributed by atoms with Gasteiger partial charge in [-0.2, -0.15) is 0 Å². The van der Waals surface area contributed by atoms with Crippen LogP contribution >= 0.6 is 0 Å². The van der Waals surface area contributed by atoms with Crippen LogP contribution < -0.4 is 10.4 Å². The first kappa shape index (κ1) is 9.38. The second-order valence-electron chi connectivity index (χ2n) is 2.50. The number of nitrogens with one attached hydrogen (secondary N) is 1. The smallest absolute Gasteiger partial charge is 0.425 e. The first-order valence-corrected chi connectivity index (χ1v) is 3.87. The molecule has 4 nitrogen and oxygen atoms in total. The molecule has 0 saturated carbocycles. The molecule has 1 amide bonds. The molecule has 0 heterocycles. The molecule has 0 aromatic heterocycles. The van der Waals surface area contributed by atoms with E-state index >= 15 is 0 Å². The van der Waals surface area contributed by atoms with Crippen LogP contribution in [-0.4, -0.2) is 20.3 Å². The molecule has 0 aliphatic rings. The van der Waals surface area contributed by atoms with Gasteiger partial charge in [0.05, 0.1) is 12.8 Å². The number of methoxy groups -OCH3 is 1. The van der Waals surface area contributed by atoms with Crippen molar-refractivity contribution in [2.45, 2.75) is 0 Å². The molecular formula is C9H12N2O2. The molecule has 0 unspecified atom stereocenters. The minimum absolute atomic E-state index is 0.480. The van der Waals surface area contributed by atoms with Gasteiger partial charge in [-0.25, -0.2) is 10.2 Å². The molecule has 4 heteroatoms. The van der Waals surface area contributed by atoms with Crippen LogP contribution in [0.25, 0.3) is 0 Å². The first-order chi connectivity index (χ1) is 6.24. The maximum Gasteiger partial charge on any atom is 0.425 e. The third kappa shape index (κ3) is 2.66. The van der Waals surface area contributed by atoms with E-state index in [1.54, 1.807) is 12.1 Å². The summed E-state index contributed by atoms with van der Waals surface area (Å²) in [7, 11) is 3.07. The number of anilines is 1. The molecule has 0 aliphatic carbocycles. The largest absolute Gasteiger partial charge is 0.452 e. The van der Waals surface area contributed by atoms with Crippen molar-refractivity contribution in [3.8, 4) is 0 Å². The average molecular weight is 180 g/mol. The Bertz CT molecular complexity index is 274. The molecule has 1 aromatic rings. The van der Waals surface area contributed by atoms with Crippen LogP contribution in [0, 0.1) is 0 Å². The molecule has 1 N–H and O–H groups in total. The van der Waals surface area contributed by atoms with Gasteiger partial charge in [0.25, 0.3) is 0 Å².